The lowest BCUT2D eigenvalue weighted by molar-refractivity contribution is -0.118. The topological polar surface area (TPSA) is 40.6 Å². The zero-order chi connectivity index (χ0) is 26.8. The van der Waals surface area contributed by atoms with Gasteiger partial charge in [-0.1, -0.05) is 34.9 Å². The van der Waals surface area contributed by atoms with Crippen molar-refractivity contribution in [3.05, 3.63) is 73.3 Å². The van der Waals surface area contributed by atoms with Gasteiger partial charge in [0.15, 0.2) is 0 Å². The monoisotopic (exact) mass is 536 g/mol. The fourth-order valence-corrected chi connectivity index (χ4v) is 5.14. The molecule has 1 aliphatic heterocycles. The minimum absolute atomic E-state index is 0.00766. The van der Waals surface area contributed by atoms with Crippen LogP contribution in [0.3, 0.4) is 0 Å². The number of carbonyl (C=O) groups is 2. The molecule has 1 fully saturated rings. The first-order valence-electron chi connectivity index (χ1n) is 11.9. The average molecular weight is 537 g/mol. The normalized spacial score (nSPS) is 15.4. The summed E-state index contributed by atoms with van der Waals surface area (Å²) in [5, 5.41) is 0.783. The third-order valence-corrected chi connectivity index (χ3v) is 7.25. The number of alkyl halides is 2. The number of nitrogens with zero attached hydrogens (tertiary/aromatic N) is 2. The van der Waals surface area contributed by atoms with Gasteiger partial charge in [0, 0.05) is 43.7 Å². The minimum Gasteiger partial charge on any atom is -0.336 e. The lowest BCUT2D eigenvalue weighted by Gasteiger charge is -2.34. The lowest BCUT2D eigenvalue weighted by Crippen LogP contribution is -2.49. The summed E-state index contributed by atoms with van der Waals surface area (Å²) in [6.07, 6.45) is 2.37. The Morgan fingerprint density at radius 2 is 1.61 bits per heavy atom. The first-order valence-corrected chi connectivity index (χ1v) is 12.7. The van der Waals surface area contributed by atoms with Crippen LogP contribution in [-0.4, -0.2) is 54.2 Å². The second-order valence-corrected chi connectivity index (χ2v) is 10.5. The zero-order valence-electron chi connectivity index (χ0n) is 21.4. The van der Waals surface area contributed by atoms with Crippen molar-refractivity contribution in [3.8, 4) is 0 Å². The number of Topliss-reactive ketones (excluding diaryl/α,β-unsaturated/α-hetero) is 1. The third-order valence-electron chi connectivity index (χ3n) is 6.47. The van der Waals surface area contributed by atoms with Crippen LogP contribution in [-0.2, 0) is 17.1 Å². The molecule has 0 spiro atoms. The van der Waals surface area contributed by atoms with Crippen LogP contribution in [0.2, 0.25) is 10.0 Å². The maximum Gasteiger partial charge on any atom is 0.270 e. The van der Waals surface area contributed by atoms with Crippen LogP contribution in [0.5, 0.6) is 0 Å². The van der Waals surface area contributed by atoms with Crippen LogP contribution < -0.4 is 0 Å². The predicted octanol–water partition coefficient (Wildman–Crippen LogP) is 6.71. The smallest absolute Gasteiger partial charge is 0.270 e. The number of benzene rings is 2. The number of ketones is 1. The molecule has 0 aromatic heterocycles. The molecule has 2 aromatic carbocycles. The molecule has 1 aliphatic rings. The van der Waals surface area contributed by atoms with E-state index in [0.29, 0.717) is 60.3 Å². The number of hydrogen-bond donors (Lipinski definition) is 0. The molecule has 0 atom stereocenters. The van der Waals surface area contributed by atoms with E-state index in [1.165, 1.54) is 12.1 Å². The molecule has 2 aromatic rings. The van der Waals surface area contributed by atoms with Crippen LogP contribution in [0.1, 0.15) is 58.9 Å². The summed E-state index contributed by atoms with van der Waals surface area (Å²) in [5.74, 6) is -2.96. The van der Waals surface area contributed by atoms with Crippen molar-refractivity contribution in [2.45, 2.75) is 47.0 Å². The Bertz CT molecular complexity index is 1170. The second-order valence-electron chi connectivity index (χ2n) is 9.74. The number of hydrogen-bond acceptors (Lipinski definition) is 3. The van der Waals surface area contributed by atoms with Crippen LogP contribution in [0.25, 0.3) is 6.08 Å². The van der Waals surface area contributed by atoms with E-state index in [4.69, 9.17) is 23.2 Å². The highest BCUT2D eigenvalue weighted by molar-refractivity contribution is 6.38. The van der Waals surface area contributed by atoms with Crippen molar-refractivity contribution in [1.29, 1.82) is 0 Å². The Hall–Kier alpha value is -2.28. The first-order chi connectivity index (χ1) is 16.8. The van der Waals surface area contributed by atoms with Gasteiger partial charge in [-0.2, -0.15) is 0 Å². The minimum atomic E-state index is -2.90. The average Bonchev–Trinajstić information content (AvgIpc) is 2.78. The largest absolute Gasteiger partial charge is 0.336 e. The van der Waals surface area contributed by atoms with E-state index in [2.05, 4.69) is 0 Å². The number of piperazine rings is 1. The molecule has 0 aliphatic carbocycles. The molecule has 0 unspecified atom stereocenters. The van der Waals surface area contributed by atoms with E-state index in [1.54, 1.807) is 24.0 Å². The van der Waals surface area contributed by atoms with Gasteiger partial charge in [-0.25, -0.2) is 8.78 Å². The first kappa shape index (κ1) is 28.3. The molecule has 8 heteroatoms. The molecule has 0 N–H and O–H groups in total. The van der Waals surface area contributed by atoms with E-state index < -0.39 is 5.92 Å². The van der Waals surface area contributed by atoms with Crippen LogP contribution in [0, 0.1) is 13.8 Å². The molecule has 36 heavy (non-hydrogen) atoms. The molecule has 0 bridgehead atoms. The summed E-state index contributed by atoms with van der Waals surface area (Å²) in [6.45, 7) is 10.7. The number of carbonyl (C=O) groups excluding carboxylic acids is 2. The van der Waals surface area contributed by atoms with E-state index in [0.717, 1.165) is 29.2 Å². The summed E-state index contributed by atoms with van der Waals surface area (Å²) in [6, 6.07) is 6.36. The molecule has 0 saturated carbocycles. The Morgan fingerprint density at radius 3 is 2.14 bits per heavy atom. The van der Waals surface area contributed by atoms with Gasteiger partial charge < -0.3 is 4.90 Å². The van der Waals surface area contributed by atoms with Gasteiger partial charge in [0.2, 0.25) is 0 Å². The number of aryl methyl sites for hydroxylation is 2. The van der Waals surface area contributed by atoms with Crippen molar-refractivity contribution in [2.75, 3.05) is 32.7 Å². The highest BCUT2D eigenvalue weighted by Crippen LogP contribution is 2.34. The van der Waals surface area contributed by atoms with Gasteiger partial charge in [0.25, 0.3) is 11.8 Å². The molecule has 0 radical (unpaired) electrons. The maximum absolute atomic E-state index is 13.8. The molecule has 4 nitrogen and oxygen atoms in total. The predicted molar refractivity (Wildman–Crippen MR) is 142 cm³/mol. The molecule has 1 heterocycles. The molecule has 1 saturated heterocycles. The van der Waals surface area contributed by atoms with E-state index in [9.17, 15) is 18.4 Å². The molecular weight excluding hydrogens is 505 g/mol. The Morgan fingerprint density at radius 1 is 1.03 bits per heavy atom. The van der Waals surface area contributed by atoms with Crippen LogP contribution in [0.15, 0.2) is 29.8 Å². The van der Waals surface area contributed by atoms with Crippen LogP contribution in [0.4, 0.5) is 8.78 Å². The number of rotatable bonds is 7. The van der Waals surface area contributed by atoms with Crippen molar-refractivity contribution >= 4 is 41.0 Å². The van der Waals surface area contributed by atoms with Gasteiger partial charge in [0.05, 0.1) is 17.1 Å². The second kappa shape index (κ2) is 11.4. The lowest BCUT2D eigenvalue weighted by atomic mass is 9.94. The summed E-state index contributed by atoms with van der Waals surface area (Å²) >= 11 is 13.2. The summed E-state index contributed by atoms with van der Waals surface area (Å²) < 4.78 is 27.6. The zero-order valence-corrected chi connectivity index (χ0v) is 22.9. The van der Waals surface area contributed by atoms with Crippen molar-refractivity contribution < 1.29 is 18.4 Å². The maximum atomic E-state index is 13.8. The standard InChI is InChI=1S/C28H32Cl2F2N2O2/c1-17(12-23-18(2)14-21(15-19(23)3)28(5,31)32)13-24-25(29)7-6-22(26(24)30)27(36)34-10-8-33(9-11-34)16-20(4)35/h6-7,12,14-15H,8-11,13,16H2,1-5H3/b17-12+. The number of halogens is 4. The van der Waals surface area contributed by atoms with Crippen LogP contribution >= 0.6 is 23.2 Å². The van der Waals surface area contributed by atoms with Gasteiger partial charge in [-0.3, -0.25) is 14.5 Å². The summed E-state index contributed by atoms with van der Waals surface area (Å²) in [7, 11) is 0. The van der Waals surface area contributed by atoms with Gasteiger partial charge in [0.1, 0.15) is 5.78 Å². The molecular formula is C28H32Cl2F2N2O2. The number of amides is 1. The van der Waals surface area contributed by atoms with Crippen molar-refractivity contribution in [2.24, 2.45) is 0 Å². The van der Waals surface area contributed by atoms with Gasteiger partial charge in [-0.15, -0.1) is 0 Å². The van der Waals surface area contributed by atoms with Crippen molar-refractivity contribution in [3.63, 3.8) is 0 Å². The van der Waals surface area contributed by atoms with Crippen molar-refractivity contribution in [1.82, 2.24) is 9.80 Å². The van der Waals surface area contributed by atoms with E-state index in [1.807, 2.05) is 31.7 Å². The van der Waals surface area contributed by atoms with E-state index in [-0.39, 0.29) is 17.3 Å². The van der Waals surface area contributed by atoms with Gasteiger partial charge >= 0.3 is 0 Å². The quantitative estimate of drug-likeness (QED) is 0.394. The Labute approximate surface area is 221 Å². The Balaban J connectivity index is 1.82. The summed E-state index contributed by atoms with van der Waals surface area (Å²) in [5.41, 5.74) is 4.37. The number of allylic oxidation sites excluding steroid dienone is 1. The fourth-order valence-electron chi connectivity index (χ4n) is 4.55. The molecule has 194 valence electrons. The Kier molecular flexibility index (Phi) is 8.97. The highest BCUT2D eigenvalue weighted by atomic mass is 35.5. The molecule has 1 amide bonds. The highest BCUT2D eigenvalue weighted by Gasteiger charge is 2.27. The van der Waals surface area contributed by atoms with Gasteiger partial charge in [-0.05, 0) is 80.6 Å². The summed E-state index contributed by atoms with van der Waals surface area (Å²) in [4.78, 5) is 28.4. The fraction of sp³-hybridized carbons (Fsp3) is 0.429. The van der Waals surface area contributed by atoms with E-state index >= 15 is 0 Å². The SMILES string of the molecule is CC(=O)CN1CCN(C(=O)c2ccc(Cl)c(C/C(C)=C/c3c(C)cc(C(C)(F)F)cc3C)c2Cl)CC1. The molecule has 3 rings (SSSR count). The third kappa shape index (κ3) is 6.72.